The van der Waals surface area contributed by atoms with E-state index in [1.54, 1.807) is 25.1 Å². The minimum atomic E-state index is -0.638. The van der Waals surface area contributed by atoms with Crippen molar-refractivity contribution in [1.82, 2.24) is 0 Å². The zero-order valence-electron chi connectivity index (χ0n) is 10.5. The van der Waals surface area contributed by atoms with Crippen molar-refractivity contribution < 1.29 is 19.0 Å². The number of ether oxygens (including phenoxy) is 1. The zero-order valence-corrected chi connectivity index (χ0v) is 10.5. The molecule has 1 aliphatic rings. The average molecular weight is 261 g/mol. The van der Waals surface area contributed by atoms with Gasteiger partial charge in [-0.05, 0) is 30.7 Å². The number of aliphatic imine (C=N–C) groups is 1. The predicted molar refractivity (Wildman–Crippen MR) is 69.2 cm³/mol. The van der Waals surface area contributed by atoms with E-state index in [1.807, 2.05) is 0 Å². The molecule has 0 saturated heterocycles. The second-order valence-electron chi connectivity index (χ2n) is 3.99. The SMILES string of the molecule is COC(=O)C1=C(O)C(=Cc2ccc(F)cc2)N=C1C. The van der Waals surface area contributed by atoms with Crippen molar-refractivity contribution in [3.05, 3.63) is 52.7 Å². The summed E-state index contributed by atoms with van der Waals surface area (Å²) in [5.41, 5.74) is 1.36. The van der Waals surface area contributed by atoms with Crippen LogP contribution in [0.5, 0.6) is 0 Å². The van der Waals surface area contributed by atoms with Gasteiger partial charge in [-0.15, -0.1) is 0 Å². The van der Waals surface area contributed by atoms with Gasteiger partial charge in [-0.2, -0.15) is 0 Å². The molecule has 1 aromatic carbocycles. The van der Waals surface area contributed by atoms with Crippen molar-refractivity contribution in [3.63, 3.8) is 0 Å². The van der Waals surface area contributed by atoms with Crippen LogP contribution in [0, 0.1) is 5.82 Å². The van der Waals surface area contributed by atoms with Gasteiger partial charge in [0.1, 0.15) is 17.1 Å². The van der Waals surface area contributed by atoms with Crippen molar-refractivity contribution in [2.75, 3.05) is 7.11 Å². The molecule has 98 valence electrons. The van der Waals surface area contributed by atoms with Gasteiger partial charge in [0.2, 0.25) is 0 Å². The molecule has 1 aromatic rings. The number of benzene rings is 1. The van der Waals surface area contributed by atoms with Gasteiger partial charge >= 0.3 is 5.97 Å². The summed E-state index contributed by atoms with van der Waals surface area (Å²) in [5, 5.41) is 9.96. The van der Waals surface area contributed by atoms with Crippen LogP contribution < -0.4 is 0 Å². The fourth-order valence-corrected chi connectivity index (χ4v) is 1.75. The first-order valence-electron chi connectivity index (χ1n) is 5.58. The molecule has 0 bridgehead atoms. The quantitative estimate of drug-likeness (QED) is 0.832. The minimum absolute atomic E-state index is 0.0517. The maximum Gasteiger partial charge on any atom is 0.343 e. The average Bonchev–Trinajstić information content (AvgIpc) is 2.66. The van der Waals surface area contributed by atoms with Crippen LogP contribution in [-0.2, 0) is 9.53 Å². The van der Waals surface area contributed by atoms with Crippen molar-refractivity contribution >= 4 is 17.8 Å². The number of rotatable bonds is 2. The topological polar surface area (TPSA) is 58.9 Å². The van der Waals surface area contributed by atoms with Crippen molar-refractivity contribution in [2.24, 2.45) is 4.99 Å². The summed E-state index contributed by atoms with van der Waals surface area (Å²) in [6.07, 6.45) is 1.56. The summed E-state index contributed by atoms with van der Waals surface area (Å²) in [5.74, 6) is -1.21. The van der Waals surface area contributed by atoms with Crippen LogP contribution in [-0.4, -0.2) is 23.9 Å². The van der Waals surface area contributed by atoms with Crippen LogP contribution in [0.4, 0.5) is 4.39 Å². The molecular weight excluding hydrogens is 249 g/mol. The Morgan fingerprint density at radius 1 is 1.37 bits per heavy atom. The number of methoxy groups -OCH3 is 1. The lowest BCUT2D eigenvalue weighted by atomic mass is 10.1. The molecule has 5 heteroatoms. The highest BCUT2D eigenvalue weighted by molar-refractivity contribution is 6.21. The molecule has 0 saturated carbocycles. The Labute approximate surface area is 109 Å². The number of nitrogens with zero attached hydrogens (tertiary/aromatic N) is 1. The van der Waals surface area contributed by atoms with Crippen LogP contribution in [0.25, 0.3) is 6.08 Å². The van der Waals surface area contributed by atoms with Gasteiger partial charge in [-0.25, -0.2) is 14.2 Å². The van der Waals surface area contributed by atoms with E-state index in [9.17, 15) is 14.3 Å². The third-order valence-electron chi connectivity index (χ3n) is 2.69. The molecule has 19 heavy (non-hydrogen) atoms. The molecule has 1 aliphatic heterocycles. The Kier molecular flexibility index (Phi) is 3.46. The number of hydrogen-bond acceptors (Lipinski definition) is 4. The van der Waals surface area contributed by atoms with Crippen molar-refractivity contribution in [2.45, 2.75) is 6.92 Å². The van der Waals surface area contributed by atoms with Gasteiger partial charge in [-0.1, -0.05) is 12.1 Å². The molecule has 0 aromatic heterocycles. The number of halogens is 1. The Morgan fingerprint density at radius 2 is 2.00 bits per heavy atom. The molecule has 0 fully saturated rings. The van der Waals surface area contributed by atoms with E-state index in [0.29, 0.717) is 11.3 Å². The van der Waals surface area contributed by atoms with Gasteiger partial charge in [0.25, 0.3) is 0 Å². The van der Waals surface area contributed by atoms with Crippen LogP contribution in [0.15, 0.2) is 46.3 Å². The lowest BCUT2D eigenvalue weighted by Gasteiger charge is -2.00. The maximum absolute atomic E-state index is 12.8. The van der Waals surface area contributed by atoms with E-state index in [2.05, 4.69) is 9.73 Å². The van der Waals surface area contributed by atoms with E-state index < -0.39 is 5.97 Å². The normalized spacial score (nSPS) is 16.8. The fraction of sp³-hybridized carbons (Fsp3) is 0.143. The summed E-state index contributed by atoms with van der Waals surface area (Å²) >= 11 is 0. The molecule has 2 rings (SSSR count). The molecule has 1 heterocycles. The highest BCUT2D eigenvalue weighted by Crippen LogP contribution is 2.26. The number of carbonyl (C=O) groups is 1. The highest BCUT2D eigenvalue weighted by Gasteiger charge is 2.27. The van der Waals surface area contributed by atoms with Crippen LogP contribution in [0.2, 0.25) is 0 Å². The van der Waals surface area contributed by atoms with Crippen molar-refractivity contribution in [3.8, 4) is 0 Å². The Morgan fingerprint density at radius 3 is 2.58 bits per heavy atom. The Hall–Kier alpha value is -2.43. The predicted octanol–water partition coefficient (Wildman–Crippen LogP) is 2.63. The van der Waals surface area contributed by atoms with E-state index in [1.165, 1.54) is 19.2 Å². The lowest BCUT2D eigenvalue weighted by molar-refractivity contribution is -0.135. The number of aliphatic hydroxyl groups excluding tert-OH is 1. The Balaban J connectivity index is 2.40. The number of carbonyl (C=O) groups excluding carboxylic acids is 1. The molecule has 0 radical (unpaired) electrons. The second-order valence-corrected chi connectivity index (χ2v) is 3.99. The van der Waals surface area contributed by atoms with Crippen molar-refractivity contribution in [1.29, 1.82) is 0 Å². The summed E-state index contributed by atoms with van der Waals surface area (Å²) < 4.78 is 17.4. The van der Waals surface area contributed by atoms with E-state index in [-0.39, 0.29) is 22.8 Å². The third-order valence-corrected chi connectivity index (χ3v) is 2.69. The first-order chi connectivity index (χ1) is 9.02. The largest absolute Gasteiger partial charge is 0.505 e. The van der Waals surface area contributed by atoms with Gasteiger partial charge in [0, 0.05) is 0 Å². The molecule has 4 nitrogen and oxygen atoms in total. The molecule has 0 atom stereocenters. The minimum Gasteiger partial charge on any atom is -0.505 e. The van der Waals surface area contributed by atoms with E-state index in [4.69, 9.17) is 0 Å². The smallest absolute Gasteiger partial charge is 0.343 e. The number of esters is 1. The summed E-state index contributed by atoms with van der Waals surface area (Å²) in [6.45, 7) is 1.61. The third kappa shape index (κ3) is 2.54. The fourth-order valence-electron chi connectivity index (χ4n) is 1.75. The summed E-state index contributed by atoms with van der Waals surface area (Å²) in [4.78, 5) is 15.6. The molecule has 0 unspecified atom stereocenters. The summed E-state index contributed by atoms with van der Waals surface area (Å²) in [6, 6.07) is 5.72. The Bertz CT molecular complexity index is 612. The van der Waals surface area contributed by atoms with Gasteiger partial charge in [-0.3, -0.25) is 0 Å². The zero-order chi connectivity index (χ0) is 14.0. The summed E-state index contributed by atoms with van der Waals surface area (Å²) in [7, 11) is 1.23. The molecule has 0 aliphatic carbocycles. The standard InChI is InChI=1S/C14H12FNO3/c1-8-12(14(18)19-2)13(17)11(16-8)7-9-3-5-10(15)6-4-9/h3-7,17H,1-2H3. The van der Waals surface area contributed by atoms with Gasteiger partial charge < -0.3 is 9.84 Å². The van der Waals surface area contributed by atoms with E-state index >= 15 is 0 Å². The molecule has 0 spiro atoms. The number of hydrogen-bond donors (Lipinski definition) is 1. The van der Waals surface area contributed by atoms with Gasteiger partial charge in [0.05, 0.1) is 12.8 Å². The second kappa shape index (κ2) is 5.06. The van der Waals surface area contributed by atoms with Crippen LogP contribution in [0.3, 0.4) is 0 Å². The highest BCUT2D eigenvalue weighted by atomic mass is 19.1. The molecule has 0 amide bonds. The van der Waals surface area contributed by atoms with Crippen LogP contribution in [0.1, 0.15) is 12.5 Å². The first kappa shape index (κ1) is 13.0. The lowest BCUT2D eigenvalue weighted by Crippen LogP contribution is -2.11. The van der Waals surface area contributed by atoms with Gasteiger partial charge in [0.15, 0.2) is 5.76 Å². The first-order valence-corrected chi connectivity index (χ1v) is 5.58. The molecular formula is C14H12FNO3. The number of aliphatic hydroxyl groups is 1. The maximum atomic E-state index is 12.8. The van der Waals surface area contributed by atoms with Crippen LogP contribution >= 0.6 is 0 Å². The van der Waals surface area contributed by atoms with E-state index in [0.717, 1.165) is 0 Å². The molecule has 1 N–H and O–H groups in total. The monoisotopic (exact) mass is 261 g/mol.